The first-order valence-corrected chi connectivity index (χ1v) is 18.4. The Kier molecular flexibility index (Phi) is 7.10. The lowest BCUT2D eigenvalue weighted by Gasteiger charge is -2.14. The number of furan rings is 1. The maximum atomic E-state index is 6.15. The van der Waals surface area contributed by atoms with Crippen LogP contribution in [0.1, 0.15) is 0 Å². The van der Waals surface area contributed by atoms with E-state index in [4.69, 9.17) is 19.4 Å². The number of aromatic nitrogens is 4. The summed E-state index contributed by atoms with van der Waals surface area (Å²) in [5, 5.41) is 9.53. The van der Waals surface area contributed by atoms with Gasteiger partial charge in [-0.2, -0.15) is 0 Å². The molecule has 0 unspecified atom stereocenters. The Morgan fingerprint density at radius 1 is 0.291 bits per heavy atom. The van der Waals surface area contributed by atoms with Gasteiger partial charge in [-0.15, -0.1) is 0 Å². The fourth-order valence-corrected chi connectivity index (χ4v) is 7.93. The molecule has 0 saturated carbocycles. The zero-order valence-electron chi connectivity index (χ0n) is 29.5. The maximum Gasteiger partial charge on any atom is 0.164 e. The Morgan fingerprint density at radius 2 is 0.800 bits per heavy atom. The summed E-state index contributed by atoms with van der Waals surface area (Å²) in [5.41, 5.74) is 8.57. The molecule has 0 saturated heterocycles. The molecular weight excluding hydrogens is 673 g/mol. The lowest BCUT2D eigenvalue weighted by molar-refractivity contribution is 0.669. The zero-order valence-corrected chi connectivity index (χ0v) is 29.5. The third kappa shape index (κ3) is 5.33. The van der Waals surface area contributed by atoms with Gasteiger partial charge in [-0.25, -0.2) is 15.0 Å². The topological polar surface area (TPSA) is 64.7 Å². The van der Waals surface area contributed by atoms with E-state index in [-0.39, 0.29) is 0 Å². The van der Waals surface area contributed by atoms with Crippen LogP contribution in [0.2, 0.25) is 0 Å². The Morgan fingerprint density at radius 3 is 1.51 bits per heavy atom. The molecule has 0 atom stereocenters. The van der Waals surface area contributed by atoms with Crippen LogP contribution in [0.25, 0.3) is 111 Å². The summed E-state index contributed by atoms with van der Waals surface area (Å²) in [6.07, 6.45) is 3.71. The molecule has 11 rings (SSSR count). The third-order valence-corrected chi connectivity index (χ3v) is 10.6. The SMILES string of the molecule is c1ccc(-c2nc(-c3cc(-c4cccnc4)cc(-c4ccc5c6ccccc6c6ccccc6c5c4)c3)nc(-c3ccc4oc5ccccc5c4c3)n2)cc1. The van der Waals surface area contributed by atoms with Crippen LogP contribution in [0.3, 0.4) is 0 Å². The first kappa shape index (κ1) is 31.1. The van der Waals surface area contributed by atoms with Gasteiger partial charge in [0, 0.05) is 45.4 Å². The molecule has 0 spiro atoms. The van der Waals surface area contributed by atoms with Gasteiger partial charge in [-0.1, -0.05) is 115 Å². The number of fused-ring (bicyclic) bond motifs is 9. The van der Waals surface area contributed by atoms with Crippen molar-refractivity contribution in [3.8, 4) is 56.4 Å². The molecular formula is C50H30N4O. The molecule has 5 heteroatoms. The molecule has 55 heavy (non-hydrogen) atoms. The maximum absolute atomic E-state index is 6.15. The summed E-state index contributed by atoms with van der Waals surface area (Å²) < 4.78 is 6.15. The molecule has 0 aliphatic heterocycles. The minimum Gasteiger partial charge on any atom is -0.456 e. The van der Waals surface area contributed by atoms with E-state index < -0.39 is 0 Å². The van der Waals surface area contributed by atoms with Crippen molar-refractivity contribution in [3.05, 3.63) is 182 Å². The largest absolute Gasteiger partial charge is 0.456 e. The predicted octanol–water partition coefficient (Wildman–Crippen LogP) is 13.0. The molecule has 8 aromatic carbocycles. The van der Waals surface area contributed by atoms with E-state index in [1.54, 1.807) is 6.20 Å². The normalized spacial score (nSPS) is 11.6. The predicted molar refractivity (Wildman–Crippen MR) is 225 cm³/mol. The number of para-hydroxylation sites is 1. The van der Waals surface area contributed by atoms with Crippen molar-refractivity contribution in [3.63, 3.8) is 0 Å². The van der Waals surface area contributed by atoms with E-state index in [9.17, 15) is 0 Å². The second kappa shape index (κ2) is 12.6. The average Bonchev–Trinajstić information content (AvgIpc) is 3.65. The first-order valence-electron chi connectivity index (χ1n) is 18.4. The van der Waals surface area contributed by atoms with E-state index in [2.05, 4.69) is 108 Å². The second-order valence-corrected chi connectivity index (χ2v) is 13.9. The van der Waals surface area contributed by atoms with Crippen LogP contribution in [-0.4, -0.2) is 19.9 Å². The molecule has 3 aromatic heterocycles. The average molecular weight is 703 g/mol. The van der Waals surface area contributed by atoms with Crippen molar-refractivity contribution in [2.75, 3.05) is 0 Å². The first-order chi connectivity index (χ1) is 27.2. The summed E-state index contributed by atoms with van der Waals surface area (Å²) in [7, 11) is 0. The fourth-order valence-electron chi connectivity index (χ4n) is 7.93. The van der Waals surface area contributed by atoms with Gasteiger partial charge in [-0.3, -0.25) is 4.98 Å². The molecule has 5 nitrogen and oxygen atoms in total. The van der Waals surface area contributed by atoms with Crippen LogP contribution in [0.4, 0.5) is 0 Å². The van der Waals surface area contributed by atoms with Crippen LogP contribution in [0, 0.1) is 0 Å². The summed E-state index contributed by atoms with van der Waals surface area (Å²) in [5.74, 6) is 1.79. The molecule has 0 aliphatic carbocycles. The molecule has 0 amide bonds. The highest BCUT2D eigenvalue weighted by Gasteiger charge is 2.17. The summed E-state index contributed by atoms with van der Waals surface area (Å²) >= 11 is 0. The summed E-state index contributed by atoms with van der Waals surface area (Å²) in [6, 6.07) is 59.2. The minimum absolute atomic E-state index is 0.588. The van der Waals surface area contributed by atoms with Crippen LogP contribution in [-0.2, 0) is 0 Å². The lowest BCUT2D eigenvalue weighted by Crippen LogP contribution is -2.00. The molecule has 0 fully saturated rings. The highest BCUT2D eigenvalue weighted by atomic mass is 16.3. The van der Waals surface area contributed by atoms with Crippen molar-refractivity contribution in [2.45, 2.75) is 0 Å². The van der Waals surface area contributed by atoms with Gasteiger partial charge in [0.2, 0.25) is 0 Å². The van der Waals surface area contributed by atoms with E-state index in [0.717, 1.165) is 60.9 Å². The van der Waals surface area contributed by atoms with Crippen molar-refractivity contribution in [2.24, 2.45) is 0 Å². The number of benzene rings is 8. The van der Waals surface area contributed by atoms with Gasteiger partial charge in [0.25, 0.3) is 0 Å². The van der Waals surface area contributed by atoms with Gasteiger partial charge in [0.1, 0.15) is 11.2 Å². The Labute approximate surface area is 316 Å². The minimum atomic E-state index is 0.588. The standard InChI is InChI=1S/C50H30N4O/c1-2-11-31(12-3-1)48-52-49(33-21-23-47-45(29-33)43-18-8-9-19-46(43)55-47)54-50(53-48)37-26-35(25-36(27-37)34-13-10-24-51-30-34)32-20-22-42-40-16-5-4-14-38(40)39-15-6-7-17-41(39)44(42)28-32/h1-30H. The number of nitrogens with zero attached hydrogens (tertiary/aromatic N) is 4. The van der Waals surface area contributed by atoms with Crippen molar-refractivity contribution in [1.29, 1.82) is 0 Å². The van der Waals surface area contributed by atoms with E-state index in [0.29, 0.717) is 17.5 Å². The number of hydrogen-bond donors (Lipinski definition) is 0. The van der Waals surface area contributed by atoms with Crippen LogP contribution in [0.5, 0.6) is 0 Å². The Balaban J connectivity index is 1.14. The van der Waals surface area contributed by atoms with E-state index in [1.165, 1.54) is 32.3 Å². The molecule has 256 valence electrons. The summed E-state index contributed by atoms with van der Waals surface area (Å²) in [6.45, 7) is 0. The van der Waals surface area contributed by atoms with Gasteiger partial charge >= 0.3 is 0 Å². The van der Waals surface area contributed by atoms with Gasteiger partial charge < -0.3 is 4.42 Å². The summed E-state index contributed by atoms with van der Waals surface area (Å²) in [4.78, 5) is 19.9. The monoisotopic (exact) mass is 702 g/mol. The highest BCUT2D eigenvalue weighted by molar-refractivity contribution is 6.25. The highest BCUT2D eigenvalue weighted by Crippen LogP contribution is 2.39. The molecule has 11 aromatic rings. The van der Waals surface area contributed by atoms with Crippen molar-refractivity contribution >= 4 is 54.3 Å². The Bertz CT molecular complexity index is 3230. The van der Waals surface area contributed by atoms with Gasteiger partial charge in [0.15, 0.2) is 17.5 Å². The third-order valence-electron chi connectivity index (χ3n) is 10.6. The fraction of sp³-hybridized carbons (Fsp3) is 0. The van der Waals surface area contributed by atoms with Crippen molar-refractivity contribution < 1.29 is 4.42 Å². The smallest absolute Gasteiger partial charge is 0.164 e. The van der Waals surface area contributed by atoms with E-state index in [1.807, 2.05) is 72.9 Å². The van der Waals surface area contributed by atoms with Crippen LogP contribution >= 0.6 is 0 Å². The van der Waals surface area contributed by atoms with Gasteiger partial charge in [0.05, 0.1) is 0 Å². The molecule has 0 radical (unpaired) electrons. The zero-order chi connectivity index (χ0) is 36.3. The molecule has 3 heterocycles. The number of pyridine rings is 1. The molecule has 0 aliphatic rings. The van der Waals surface area contributed by atoms with Crippen LogP contribution in [0.15, 0.2) is 187 Å². The molecule has 0 bridgehead atoms. The Hall–Kier alpha value is -7.50. The van der Waals surface area contributed by atoms with Crippen LogP contribution < -0.4 is 0 Å². The lowest BCUT2D eigenvalue weighted by atomic mass is 9.91. The number of rotatable bonds is 5. The number of hydrogen-bond acceptors (Lipinski definition) is 5. The van der Waals surface area contributed by atoms with Crippen molar-refractivity contribution in [1.82, 2.24) is 19.9 Å². The van der Waals surface area contributed by atoms with Gasteiger partial charge in [-0.05, 0) is 104 Å². The van der Waals surface area contributed by atoms with E-state index >= 15 is 0 Å². The quantitative estimate of drug-likeness (QED) is 0.167. The second-order valence-electron chi connectivity index (χ2n) is 13.9. The molecule has 0 N–H and O–H groups in total.